The van der Waals surface area contributed by atoms with Crippen molar-refractivity contribution in [2.45, 2.75) is 18.6 Å². The van der Waals surface area contributed by atoms with E-state index in [1.165, 1.54) is 18.2 Å². The van der Waals surface area contributed by atoms with E-state index in [1.54, 1.807) is 0 Å². The van der Waals surface area contributed by atoms with Crippen molar-refractivity contribution in [2.24, 2.45) is 0 Å². The minimum Gasteiger partial charge on any atom is -0.375 e. The van der Waals surface area contributed by atoms with E-state index in [9.17, 15) is 22.8 Å². The number of alkyl halides is 3. The number of alkyl carbamates (subject to hydrolysis) is 1. The number of benzene rings is 1. The molecule has 1 heterocycles. The van der Waals surface area contributed by atoms with Crippen molar-refractivity contribution in [3.05, 3.63) is 35.4 Å². The third-order valence-corrected chi connectivity index (χ3v) is 2.52. The van der Waals surface area contributed by atoms with Crippen LogP contribution in [0.5, 0.6) is 0 Å². The van der Waals surface area contributed by atoms with Crippen LogP contribution < -0.4 is 5.32 Å². The summed E-state index contributed by atoms with van der Waals surface area (Å²) in [6, 6.07) is 3.82. The number of carbonyl (C=O) groups is 2. The number of nitrogens with one attached hydrogen (secondary N) is 1. The Bertz CT molecular complexity index is 499. The molecule has 96 valence electrons. The van der Waals surface area contributed by atoms with E-state index >= 15 is 0 Å². The van der Waals surface area contributed by atoms with Gasteiger partial charge in [-0.25, -0.2) is 9.59 Å². The first-order valence-electron chi connectivity index (χ1n) is 5.05. The number of hydrogen-bond acceptors (Lipinski definition) is 3. The summed E-state index contributed by atoms with van der Waals surface area (Å²) in [6.07, 6.45) is -5.68. The third-order valence-electron chi connectivity index (χ3n) is 2.52. The lowest BCUT2D eigenvalue weighted by Crippen LogP contribution is -2.31. The third kappa shape index (κ3) is 2.44. The Morgan fingerprint density at radius 2 is 1.89 bits per heavy atom. The number of rotatable bonds is 2. The number of amides is 1. The predicted octanol–water partition coefficient (Wildman–Crippen LogP) is 1.88. The van der Waals surface area contributed by atoms with Crippen molar-refractivity contribution in [2.75, 3.05) is 0 Å². The zero-order valence-electron chi connectivity index (χ0n) is 8.95. The van der Waals surface area contributed by atoms with Gasteiger partial charge in [0, 0.05) is 6.42 Å². The van der Waals surface area contributed by atoms with E-state index in [4.69, 9.17) is 0 Å². The summed E-state index contributed by atoms with van der Waals surface area (Å²) in [7, 11) is 0. The molecule has 4 nitrogen and oxygen atoms in total. The zero-order chi connectivity index (χ0) is 13.3. The number of carbonyl (C=O) groups excluding carboxylic acids is 2. The first kappa shape index (κ1) is 12.4. The molecule has 1 N–H and O–H groups in total. The Labute approximate surface area is 99.7 Å². The molecular weight excluding hydrogens is 251 g/mol. The molecule has 0 aliphatic carbocycles. The van der Waals surface area contributed by atoms with Crippen LogP contribution >= 0.6 is 0 Å². The molecule has 1 aromatic rings. The predicted molar refractivity (Wildman–Crippen MR) is 53.6 cm³/mol. The molecule has 1 amide bonds. The van der Waals surface area contributed by atoms with Gasteiger partial charge < -0.3 is 10.1 Å². The van der Waals surface area contributed by atoms with Gasteiger partial charge in [-0.3, -0.25) is 0 Å². The molecule has 0 spiro atoms. The Morgan fingerprint density at radius 1 is 1.22 bits per heavy atom. The fraction of sp³-hybridized carbons (Fsp3) is 0.273. The monoisotopic (exact) mass is 259 g/mol. The van der Waals surface area contributed by atoms with Crippen LogP contribution in [0.1, 0.15) is 11.1 Å². The van der Waals surface area contributed by atoms with Crippen molar-refractivity contribution < 1.29 is 27.5 Å². The summed E-state index contributed by atoms with van der Waals surface area (Å²) in [5.74, 6) is -0.864. The van der Waals surface area contributed by atoms with Crippen molar-refractivity contribution >= 4 is 12.1 Å². The molecule has 1 saturated heterocycles. The standard InChI is InChI=1S/C11H8F3NO3/c12-11(13,14)7-4-2-1-3-6(7)5-8-9(16)18-10(17)15-8/h1-4,8H,5H2,(H,15,17). The van der Waals surface area contributed by atoms with Crippen LogP contribution in [0.2, 0.25) is 0 Å². The van der Waals surface area contributed by atoms with Crippen LogP contribution in [0.3, 0.4) is 0 Å². The van der Waals surface area contributed by atoms with Crippen LogP contribution in [-0.2, 0) is 22.1 Å². The van der Waals surface area contributed by atoms with Gasteiger partial charge in [-0.15, -0.1) is 0 Å². The van der Waals surface area contributed by atoms with Gasteiger partial charge in [0.25, 0.3) is 0 Å². The van der Waals surface area contributed by atoms with Crippen molar-refractivity contribution in [1.29, 1.82) is 0 Å². The van der Waals surface area contributed by atoms with Gasteiger partial charge in [0.2, 0.25) is 0 Å². The van der Waals surface area contributed by atoms with Crippen LogP contribution in [0.15, 0.2) is 24.3 Å². The van der Waals surface area contributed by atoms with Crippen LogP contribution in [-0.4, -0.2) is 18.1 Å². The molecule has 1 unspecified atom stereocenters. The van der Waals surface area contributed by atoms with Gasteiger partial charge >= 0.3 is 18.2 Å². The first-order chi connectivity index (χ1) is 8.38. The van der Waals surface area contributed by atoms with E-state index in [0.717, 1.165) is 6.07 Å². The van der Waals surface area contributed by atoms with E-state index in [-0.39, 0.29) is 12.0 Å². The fourth-order valence-corrected chi connectivity index (χ4v) is 1.72. The van der Waals surface area contributed by atoms with E-state index < -0.39 is 29.8 Å². The highest BCUT2D eigenvalue weighted by atomic mass is 19.4. The molecule has 1 atom stereocenters. The summed E-state index contributed by atoms with van der Waals surface area (Å²) in [5, 5.41) is 2.15. The van der Waals surface area contributed by atoms with Crippen molar-refractivity contribution in [3.8, 4) is 0 Å². The summed E-state index contributed by atoms with van der Waals surface area (Å²) in [4.78, 5) is 21.9. The van der Waals surface area contributed by atoms with Gasteiger partial charge in [0.1, 0.15) is 6.04 Å². The number of esters is 1. The van der Waals surface area contributed by atoms with Crippen molar-refractivity contribution in [1.82, 2.24) is 5.32 Å². The second-order valence-electron chi connectivity index (χ2n) is 3.76. The highest BCUT2D eigenvalue weighted by molar-refractivity contribution is 5.95. The topological polar surface area (TPSA) is 55.4 Å². The summed E-state index contributed by atoms with van der Waals surface area (Å²) >= 11 is 0. The fourth-order valence-electron chi connectivity index (χ4n) is 1.72. The maximum absolute atomic E-state index is 12.7. The Balaban J connectivity index is 2.25. The average molecular weight is 259 g/mol. The van der Waals surface area contributed by atoms with Gasteiger partial charge in [0.05, 0.1) is 5.56 Å². The molecule has 0 saturated carbocycles. The van der Waals surface area contributed by atoms with Gasteiger partial charge in [-0.05, 0) is 11.6 Å². The van der Waals surface area contributed by atoms with Gasteiger partial charge in [-0.1, -0.05) is 18.2 Å². The number of halogens is 3. The van der Waals surface area contributed by atoms with Gasteiger partial charge in [-0.2, -0.15) is 13.2 Å². The lowest BCUT2D eigenvalue weighted by Gasteiger charge is -2.13. The molecule has 7 heteroatoms. The lowest BCUT2D eigenvalue weighted by atomic mass is 10.0. The number of cyclic esters (lactones) is 2. The Hall–Kier alpha value is -2.05. The number of ether oxygens (including phenoxy) is 1. The molecule has 1 aromatic carbocycles. The minimum absolute atomic E-state index is 0.0610. The molecular formula is C11H8F3NO3. The van der Waals surface area contributed by atoms with Crippen LogP contribution in [0.4, 0.5) is 18.0 Å². The average Bonchev–Trinajstić information content (AvgIpc) is 2.57. The maximum Gasteiger partial charge on any atom is 0.416 e. The molecule has 0 radical (unpaired) electrons. The summed E-state index contributed by atoms with van der Waals surface area (Å²) < 4.78 is 42.3. The molecule has 2 rings (SSSR count). The highest BCUT2D eigenvalue weighted by Gasteiger charge is 2.37. The molecule has 1 aliphatic rings. The SMILES string of the molecule is O=C1NC(Cc2ccccc2C(F)(F)F)C(=O)O1. The molecule has 1 fully saturated rings. The van der Waals surface area contributed by atoms with E-state index in [1.807, 2.05) is 0 Å². The molecule has 18 heavy (non-hydrogen) atoms. The van der Waals surface area contributed by atoms with E-state index in [2.05, 4.69) is 10.1 Å². The zero-order valence-corrected chi connectivity index (χ0v) is 8.95. The normalized spacial score (nSPS) is 19.6. The van der Waals surface area contributed by atoms with Crippen LogP contribution in [0.25, 0.3) is 0 Å². The molecule has 0 aromatic heterocycles. The van der Waals surface area contributed by atoms with Gasteiger partial charge in [0.15, 0.2) is 0 Å². The quantitative estimate of drug-likeness (QED) is 0.651. The lowest BCUT2D eigenvalue weighted by molar-refractivity contribution is -0.139. The summed E-state index contributed by atoms with van der Waals surface area (Å²) in [5.41, 5.74) is -0.881. The molecule has 0 bridgehead atoms. The van der Waals surface area contributed by atoms with Crippen molar-refractivity contribution in [3.63, 3.8) is 0 Å². The summed E-state index contributed by atoms with van der Waals surface area (Å²) in [6.45, 7) is 0. The smallest absolute Gasteiger partial charge is 0.375 e. The first-order valence-corrected chi connectivity index (χ1v) is 5.05. The second kappa shape index (κ2) is 4.32. The Morgan fingerprint density at radius 3 is 2.44 bits per heavy atom. The van der Waals surface area contributed by atoms with E-state index in [0.29, 0.717) is 0 Å². The second-order valence-corrected chi connectivity index (χ2v) is 3.76. The largest absolute Gasteiger partial charge is 0.416 e. The minimum atomic E-state index is -4.50. The number of hydrogen-bond donors (Lipinski definition) is 1. The molecule has 1 aliphatic heterocycles. The Kier molecular flexibility index (Phi) is 2.98. The van der Waals surface area contributed by atoms with Crippen LogP contribution in [0, 0.1) is 0 Å². The maximum atomic E-state index is 12.7. The highest BCUT2D eigenvalue weighted by Crippen LogP contribution is 2.32.